The van der Waals surface area contributed by atoms with Crippen LogP contribution >= 0.6 is 35.0 Å². The van der Waals surface area contributed by atoms with E-state index in [9.17, 15) is 4.79 Å². The SMILES string of the molecule is CSc1ncccc1C(=O)N1CCOC(c2cc(Cl)cc(Cl)c2)C1. The molecule has 1 aliphatic heterocycles. The van der Waals surface area contributed by atoms with Crippen LogP contribution < -0.4 is 0 Å². The zero-order chi connectivity index (χ0) is 17.1. The van der Waals surface area contributed by atoms with E-state index in [0.29, 0.717) is 35.3 Å². The molecule has 7 heteroatoms. The van der Waals surface area contributed by atoms with Gasteiger partial charge >= 0.3 is 0 Å². The van der Waals surface area contributed by atoms with Gasteiger partial charge in [0.05, 0.1) is 18.7 Å². The first-order valence-electron chi connectivity index (χ1n) is 7.44. The third-order valence-electron chi connectivity index (χ3n) is 3.81. The maximum absolute atomic E-state index is 12.9. The van der Waals surface area contributed by atoms with E-state index in [4.69, 9.17) is 27.9 Å². The molecule has 1 aromatic heterocycles. The number of ether oxygens (including phenoxy) is 1. The van der Waals surface area contributed by atoms with Crippen LogP contribution in [0.3, 0.4) is 0 Å². The van der Waals surface area contributed by atoms with Crippen LogP contribution in [0, 0.1) is 0 Å². The molecule has 3 rings (SSSR count). The standard InChI is InChI=1S/C17H16Cl2N2O2S/c1-24-16-14(3-2-4-20-16)17(22)21-5-6-23-15(10-21)11-7-12(18)9-13(19)8-11/h2-4,7-9,15H,5-6,10H2,1H3. The second-order valence-corrected chi connectivity index (χ2v) is 7.04. The first-order chi connectivity index (χ1) is 11.6. The summed E-state index contributed by atoms with van der Waals surface area (Å²) in [5.41, 5.74) is 1.50. The second kappa shape index (κ2) is 7.74. The van der Waals surface area contributed by atoms with Crippen LogP contribution in [0.5, 0.6) is 0 Å². The van der Waals surface area contributed by atoms with Crippen molar-refractivity contribution in [3.63, 3.8) is 0 Å². The summed E-state index contributed by atoms with van der Waals surface area (Å²) >= 11 is 13.6. The molecule has 0 saturated carbocycles. The van der Waals surface area contributed by atoms with Crippen molar-refractivity contribution in [2.75, 3.05) is 26.0 Å². The zero-order valence-electron chi connectivity index (χ0n) is 13.0. The van der Waals surface area contributed by atoms with E-state index in [1.807, 2.05) is 24.5 Å². The summed E-state index contributed by atoms with van der Waals surface area (Å²) in [6.45, 7) is 1.47. The number of nitrogens with zero attached hydrogens (tertiary/aromatic N) is 2. The van der Waals surface area contributed by atoms with Crippen molar-refractivity contribution >= 4 is 40.9 Å². The fraction of sp³-hybridized carbons (Fsp3) is 0.294. The molecule has 126 valence electrons. The summed E-state index contributed by atoms with van der Waals surface area (Å²) < 4.78 is 5.81. The number of morpholine rings is 1. The lowest BCUT2D eigenvalue weighted by molar-refractivity contribution is -0.0229. The lowest BCUT2D eigenvalue weighted by Crippen LogP contribution is -2.42. The van der Waals surface area contributed by atoms with Crippen molar-refractivity contribution in [3.05, 3.63) is 57.7 Å². The third kappa shape index (κ3) is 3.86. The average molecular weight is 383 g/mol. The van der Waals surface area contributed by atoms with Crippen molar-refractivity contribution in [2.24, 2.45) is 0 Å². The number of benzene rings is 1. The number of hydrogen-bond acceptors (Lipinski definition) is 4. The smallest absolute Gasteiger partial charge is 0.256 e. The lowest BCUT2D eigenvalue weighted by atomic mass is 10.1. The summed E-state index contributed by atoms with van der Waals surface area (Å²) in [4.78, 5) is 18.9. The molecule has 0 spiro atoms. The monoisotopic (exact) mass is 382 g/mol. The van der Waals surface area contributed by atoms with Gasteiger partial charge in [0.2, 0.25) is 0 Å². The quantitative estimate of drug-likeness (QED) is 0.741. The number of pyridine rings is 1. The predicted molar refractivity (Wildman–Crippen MR) is 97.1 cm³/mol. The number of amides is 1. The van der Waals surface area contributed by atoms with Gasteiger partial charge in [-0.05, 0) is 42.2 Å². The van der Waals surface area contributed by atoms with Gasteiger partial charge in [0, 0.05) is 22.8 Å². The van der Waals surface area contributed by atoms with Gasteiger partial charge in [-0.3, -0.25) is 4.79 Å². The largest absolute Gasteiger partial charge is 0.370 e. The highest BCUT2D eigenvalue weighted by molar-refractivity contribution is 7.98. The van der Waals surface area contributed by atoms with Crippen molar-refractivity contribution in [1.82, 2.24) is 9.88 Å². The summed E-state index contributed by atoms with van der Waals surface area (Å²) in [6.07, 6.45) is 3.36. The normalized spacial score (nSPS) is 17.8. The Kier molecular flexibility index (Phi) is 5.66. The van der Waals surface area contributed by atoms with Crippen LogP contribution in [0.4, 0.5) is 0 Å². The van der Waals surface area contributed by atoms with Gasteiger partial charge < -0.3 is 9.64 Å². The Labute approximate surface area is 155 Å². The Hall–Kier alpha value is -1.27. The van der Waals surface area contributed by atoms with E-state index in [1.165, 1.54) is 11.8 Å². The maximum atomic E-state index is 12.9. The van der Waals surface area contributed by atoms with E-state index in [0.717, 1.165) is 10.6 Å². The molecule has 2 heterocycles. The van der Waals surface area contributed by atoms with Crippen LogP contribution in [0.1, 0.15) is 22.0 Å². The minimum absolute atomic E-state index is 0.0334. The average Bonchev–Trinajstić information content (AvgIpc) is 2.60. The van der Waals surface area contributed by atoms with Gasteiger partial charge in [-0.25, -0.2) is 4.98 Å². The molecule has 1 aromatic carbocycles. The first kappa shape index (κ1) is 17.5. The number of aromatic nitrogens is 1. The van der Waals surface area contributed by atoms with Crippen LogP contribution in [-0.4, -0.2) is 41.7 Å². The molecule has 1 aliphatic rings. The Balaban J connectivity index is 1.81. The van der Waals surface area contributed by atoms with E-state index >= 15 is 0 Å². The molecule has 1 fully saturated rings. The number of thioether (sulfide) groups is 1. The topological polar surface area (TPSA) is 42.4 Å². The maximum Gasteiger partial charge on any atom is 0.256 e. The summed E-state index contributed by atoms with van der Waals surface area (Å²) in [5.74, 6) is -0.0334. The number of carbonyl (C=O) groups is 1. The van der Waals surface area contributed by atoms with Crippen molar-refractivity contribution in [1.29, 1.82) is 0 Å². The molecule has 1 saturated heterocycles. The first-order valence-corrected chi connectivity index (χ1v) is 9.42. The van der Waals surface area contributed by atoms with Crippen molar-refractivity contribution < 1.29 is 9.53 Å². The minimum Gasteiger partial charge on any atom is -0.370 e. The Bertz CT molecular complexity index is 737. The fourth-order valence-corrected chi connectivity index (χ4v) is 3.77. The van der Waals surface area contributed by atoms with E-state index in [2.05, 4.69) is 4.98 Å². The summed E-state index contributed by atoms with van der Waals surface area (Å²) in [6, 6.07) is 8.91. The predicted octanol–water partition coefficient (Wildman–Crippen LogP) is 4.32. The van der Waals surface area contributed by atoms with Crippen molar-refractivity contribution in [3.8, 4) is 0 Å². The molecule has 2 aromatic rings. The number of rotatable bonds is 3. The fourth-order valence-electron chi connectivity index (χ4n) is 2.68. The Morgan fingerprint density at radius 3 is 2.79 bits per heavy atom. The lowest BCUT2D eigenvalue weighted by Gasteiger charge is -2.33. The molecule has 0 bridgehead atoms. The second-order valence-electron chi connectivity index (χ2n) is 5.37. The number of carbonyl (C=O) groups excluding carboxylic acids is 1. The highest BCUT2D eigenvalue weighted by Crippen LogP contribution is 2.29. The van der Waals surface area contributed by atoms with E-state index in [1.54, 1.807) is 23.2 Å². The molecule has 0 N–H and O–H groups in total. The molecular formula is C17H16Cl2N2O2S. The Morgan fingerprint density at radius 2 is 2.08 bits per heavy atom. The van der Waals surface area contributed by atoms with E-state index in [-0.39, 0.29) is 12.0 Å². The number of halogens is 2. The van der Waals surface area contributed by atoms with Crippen LogP contribution in [-0.2, 0) is 4.74 Å². The van der Waals surface area contributed by atoms with Gasteiger partial charge in [-0.2, -0.15) is 0 Å². The van der Waals surface area contributed by atoms with Gasteiger partial charge in [-0.1, -0.05) is 23.2 Å². The van der Waals surface area contributed by atoms with Crippen LogP contribution in [0.25, 0.3) is 0 Å². The van der Waals surface area contributed by atoms with E-state index < -0.39 is 0 Å². The van der Waals surface area contributed by atoms with Gasteiger partial charge in [0.1, 0.15) is 11.1 Å². The van der Waals surface area contributed by atoms with Gasteiger partial charge in [0.25, 0.3) is 5.91 Å². The number of hydrogen-bond donors (Lipinski definition) is 0. The summed E-state index contributed by atoms with van der Waals surface area (Å²) in [7, 11) is 0. The molecular weight excluding hydrogens is 367 g/mol. The highest BCUT2D eigenvalue weighted by atomic mass is 35.5. The molecule has 0 aliphatic carbocycles. The van der Waals surface area contributed by atoms with Crippen LogP contribution in [0.15, 0.2) is 41.6 Å². The molecule has 1 unspecified atom stereocenters. The van der Waals surface area contributed by atoms with Crippen LogP contribution in [0.2, 0.25) is 10.0 Å². The van der Waals surface area contributed by atoms with Gasteiger partial charge in [0.15, 0.2) is 0 Å². The molecule has 4 nitrogen and oxygen atoms in total. The zero-order valence-corrected chi connectivity index (χ0v) is 15.4. The highest BCUT2D eigenvalue weighted by Gasteiger charge is 2.27. The molecule has 24 heavy (non-hydrogen) atoms. The minimum atomic E-state index is -0.242. The molecule has 1 atom stereocenters. The third-order valence-corrected chi connectivity index (χ3v) is 4.95. The Morgan fingerprint density at radius 1 is 1.33 bits per heavy atom. The van der Waals surface area contributed by atoms with Gasteiger partial charge in [-0.15, -0.1) is 11.8 Å². The van der Waals surface area contributed by atoms with Crippen molar-refractivity contribution in [2.45, 2.75) is 11.1 Å². The molecule has 0 radical (unpaired) electrons. The summed E-state index contributed by atoms with van der Waals surface area (Å²) in [5, 5.41) is 1.85. The molecule has 1 amide bonds.